The third-order valence-corrected chi connectivity index (χ3v) is 3.40. The number of hydrogen-bond donors (Lipinski definition) is 1. The summed E-state index contributed by atoms with van der Waals surface area (Å²) in [7, 11) is 1.66. The Labute approximate surface area is 94.2 Å². The van der Waals surface area contributed by atoms with Crippen molar-refractivity contribution in [2.45, 2.75) is 5.37 Å². The van der Waals surface area contributed by atoms with E-state index < -0.39 is 0 Å². The normalized spacial score (nSPS) is 20.2. The molecule has 1 aliphatic heterocycles. The molecule has 1 aromatic carbocycles. The van der Waals surface area contributed by atoms with Crippen molar-refractivity contribution in [3.05, 3.63) is 24.3 Å². The molecular formula is C11H15NO2S. The summed E-state index contributed by atoms with van der Waals surface area (Å²) in [5.74, 6) is 2.77. The zero-order valence-electron chi connectivity index (χ0n) is 8.73. The average Bonchev–Trinajstić information content (AvgIpc) is 2.79. The molecule has 15 heavy (non-hydrogen) atoms. The second-order valence-corrected chi connectivity index (χ2v) is 4.59. The number of rotatable bonds is 4. The smallest absolute Gasteiger partial charge is 0.161 e. The van der Waals surface area contributed by atoms with Crippen molar-refractivity contribution >= 4 is 11.8 Å². The summed E-state index contributed by atoms with van der Waals surface area (Å²) < 4.78 is 10.9. The number of benzene rings is 1. The van der Waals surface area contributed by atoms with E-state index in [1.54, 1.807) is 7.11 Å². The Hall–Kier alpha value is -0.870. The highest BCUT2D eigenvalue weighted by Gasteiger charge is 2.15. The highest BCUT2D eigenvalue weighted by atomic mass is 32.2. The molecule has 0 aliphatic carbocycles. The lowest BCUT2D eigenvalue weighted by atomic mass is 10.3. The standard InChI is InChI=1S/C11H15NO2S/c1-13-9-4-2-3-5-10(9)14-8-11-12-6-7-15-11/h2-5,11-12H,6-8H2,1H3/t11-/m0/s1. The molecule has 0 spiro atoms. The molecule has 1 aromatic rings. The van der Waals surface area contributed by atoms with E-state index in [0.717, 1.165) is 18.0 Å². The quantitative estimate of drug-likeness (QED) is 0.845. The maximum atomic E-state index is 5.70. The van der Waals surface area contributed by atoms with Gasteiger partial charge in [-0.3, -0.25) is 0 Å². The monoisotopic (exact) mass is 225 g/mol. The van der Waals surface area contributed by atoms with Crippen LogP contribution in [0, 0.1) is 0 Å². The summed E-state index contributed by atoms with van der Waals surface area (Å²) in [6, 6.07) is 7.73. The van der Waals surface area contributed by atoms with Gasteiger partial charge in [0.25, 0.3) is 0 Å². The molecule has 0 unspecified atom stereocenters. The average molecular weight is 225 g/mol. The molecular weight excluding hydrogens is 210 g/mol. The molecule has 1 atom stereocenters. The first-order valence-electron chi connectivity index (χ1n) is 5.01. The molecule has 1 fully saturated rings. The van der Waals surface area contributed by atoms with Crippen LogP contribution in [0.25, 0.3) is 0 Å². The summed E-state index contributed by atoms with van der Waals surface area (Å²) in [6.07, 6.45) is 0. The first-order chi connectivity index (χ1) is 7.40. The Kier molecular flexibility index (Phi) is 3.75. The van der Waals surface area contributed by atoms with Crippen LogP contribution >= 0.6 is 11.8 Å². The summed E-state index contributed by atoms with van der Waals surface area (Å²) in [4.78, 5) is 0. The lowest BCUT2D eigenvalue weighted by Crippen LogP contribution is -2.26. The van der Waals surface area contributed by atoms with Gasteiger partial charge >= 0.3 is 0 Å². The molecule has 3 nitrogen and oxygen atoms in total. The fraction of sp³-hybridized carbons (Fsp3) is 0.455. The van der Waals surface area contributed by atoms with Crippen molar-refractivity contribution in [1.29, 1.82) is 0 Å². The third-order valence-electron chi connectivity index (χ3n) is 2.25. The Balaban J connectivity index is 1.91. The van der Waals surface area contributed by atoms with E-state index in [4.69, 9.17) is 9.47 Å². The van der Waals surface area contributed by atoms with Crippen molar-refractivity contribution in [2.24, 2.45) is 0 Å². The fourth-order valence-electron chi connectivity index (χ4n) is 1.49. The highest BCUT2D eigenvalue weighted by Crippen LogP contribution is 2.26. The molecule has 82 valence electrons. The van der Waals surface area contributed by atoms with Crippen LogP contribution in [0.5, 0.6) is 11.5 Å². The van der Waals surface area contributed by atoms with Gasteiger partial charge < -0.3 is 14.8 Å². The number of ether oxygens (including phenoxy) is 2. The minimum atomic E-state index is 0.412. The fourth-order valence-corrected chi connectivity index (χ4v) is 2.41. The summed E-state index contributed by atoms with van der Waals surface area (Å²) in [5, 5.41) is 3.77. The van der Waals surface area contributed by atoms with E-state index in [1.165, 1.54) is 5.75 Å². The number of methoxy groups -OCH3 is 1. The molecule has 1 saturated heterocycles. The van der Waals surface area contributed by atoms with Gasteiger partial charge in [-0.05, 0) is 12.1 Å². The van der Waals surface area contributed by atoms with Gasteiger partial charge in [0, 0.05) is 12.3 Å². The molecule has 0 bridgehead atoms. The van der Waals surface area contributed by atoms with Gasteiger partial charge in [-0.2, -0.15) is 0 Å². The Bertz CT molecular complexity index is 313. The maximum absolute atomic E-state index is 5.70. The van der Waals surface area contributed by atoms with E-state index >= 15 is 0 Å². The number of hydrogen-bond acceptors (Lipinski definition) is 4. The van der Waals surface area contributed by atoms with E-state index in [2.05, 4.69) is 5.32 Å². The predicted molar refractivity (Wildman–Crippen MR) is 62.7 cm³/mol. The van der Waals surface area contributed by atoms with Crippen molar-refractivity contribution in [3.8, 4) is 11.5 Å². The van der Waals surface area contributed by atoms with E-state index in [9.17, 15) is 0 Å². The first kappa shape index (κ1) is 10.6. The van der Waals surface area contributed by atoms with Crippen molar-refractivity contribution in [2.75, 3.05) is 26.0 Å². The molecule has 2 rings (SSSR count). The van der Waals surface area contributed by atoms with Gasteiger partial charge in [0.2, 0.25) is 0 Å². The second kappa shape index (κ2) is 5.28. The van der Waals surface area contributed by atoms with Crippen LogP contribution in [-0.4, -0.2) is 31.4 Å². The van der Waals surface area contributed by atoms with Crippen LogP contribution in [0.3, 0.4) is 0 Å². The molecule has 1 N–H and O–H groups in total. The SMILES string of the molecule is COc1ccccc1OC[C@H]1NCCS1. The van der Waals surface area contributed by atoms with E-state index in [-0.39, 0.29) is 0 Å². The molecule has 0 amide bonds. The number of para-hydroxylation sites is 2. The van der Waals surface area contributed by atoms with Crippen LogP contribution in [0.15, 0.2) is 24.3 Å². The van der Waals surface area contributed by atoms with Gasteiger partial charge in [0.05, 0.1) is 12.5 Å². The largest absolute Gasteiger partial charge is 0.493 e. The lowest BCUT2D eigenvalue weighted by Gasteiger charge is -2.13. The zero-order valence-corrected chi connectivity index (χ0v) is 9.55. The van der Waals surface area contributed by atoms with Gasteiger partial charge in [0.15, 0.2) is 11.5 Å². The molecule has 4 heteroatoms. The molecule has 0 radical (unpaired) electrons. The van der Waals surface area contributed by atoms with E-state index in [0.29, 0.717) is 12.0 Å². The summed E-state index contributed by atoms with van der Waals surface area (Å²) in [6.45, 7) is 1.76. The Morgan fingerprint density at radius 1 is 1.40 bits per heavy atom. The van der Waals surface area contributed by atoms with Crippen molar-refractivity contribution in [1.82, 2.24) is 5.32 Å². The van der Waals surface area contributed by atoms with Gasteiger partial charge in [-0.15, -0.1) is 11.8 Å². The van der Waals surface area contributed by atoms with Crippen molar-refractivity contribution in [3.63, 3.8) is 0 Å². The van der Waals surface area contributed by atoms with Crippen LogP contribution in [-0.2, 0) is 0 Å². The molecule has 0 aromatic heterocycles. The maximum Gasteiger partial charge on any atom is 0.161 e. The minimum absolute atomic E-state index is 0.412. The Morgan fingerprint density at radius 3 is 2.87 bits per heavy atom. The second-order valence-electron chi connectivity index (χ2n) is 3.28. The summed E-state index contributed by atoms with van der Waals surface area (Å²) in [5.41, 5.74) is 0. The first-order valence-corrected chi connectivity index (χ1v) is 6.06. The topological polar surface area (TPSA) is 30.5 Å². The number of nitrogens with one attached hydrogen (secondary N) is 1. The van der Waals surface area contributed by atoms with Crippen molar-refractivity contribution < 1.29 is 9.47 Å². The van der Waals surface area contributed by atoms with E-state index in [1.807, 2.05) is 36.0 Å². The predicted octanol–water partition coefficient (Wildman–Crippen LogP) is 1.74. The summed E-state index contributed by atoms with van der Waals surface area (Å²) >= 11 is 1.90. The third kappa shape index (κ3) is 2.79. The lowest BCUT2D eigenvalue weighted by molar-refractivity contribution is 0.286. The van der Waals surface area contributed by atoms with Crippen LogP contribution in [0.2, 0.25) is 0 Å². The van der Waals surface area contributed by atoms with Gasteiger partial charge in [0.1, 0.15) is 6.61 Å². The van der Waals surface area contributed by atoms with Crippen LogP contribution in [0.4, 0.5) is 0 Å². The minimum Gasteiger partial charge on any atom is -0.493 e. The van der Waals surface area contributed by atoms with Crippen LogP contribution < -0.4 is 14.8 Å². The number of thioether (sulfide) groups is 1. The van der Waals surface area contributed by atoms with Gasteiger partial charge in [-0.25, -0.2) is 0 Å². The van der Waals surface area contributed by atoms with Crippen LogP contribution in [0.1, 0.15) is 0 Å². The van der Waals surface area contributed by atoms with Gasteiger partial charge in [-0.1, -0.05) is 12.1 Å². The molecule has 1 heterocycles. The zero-order chi connectivity index (χ0) is 10.5. The Morgan fingerprint density at radius 2 is 2.20 bits per heavy atom. The molecule has 1 aliphatic rings. The highest BCUT2D eigenvalue weighted by molar-refractivity contribution is 8.00. The molecule has 0 saturated carbocycles.